The Morgan fingerprint density at radius 2 is 1.86 bits per heavy atom. The van der Waals surface area contributed by atoms with Crippen molar-refractivity contribution >= 4 is 5.69 Å². The standard InChI is InChI=1S/C16H20N4O/c1-20-14-6-7-15(20)9-13(8-14)18-12-4-2-11(3-5-12)16-19-17-10-21-16/h2-5,10,13-15,18H,6-9H2,1H3. The number of nitrogens with zero attached hydrogens (tertiary/aromatic N) is 3. The third-order valence-corrected chi connectivity index (χ3v) is 4.96. The van der Waals surface area contributed by atoms with E-state index >= 15 is 0 Å². The van der Waals surface area contributed by atoms with Crippen molar-refractivity contribution in [2.45, 2.75) is 43.8 Å². The molecule has 0 amide bonds. The summed E-state index contributed by atoms with van der Waals surface area (Å²) in [7, 11) is 2.28. The van der Waals surface area contributed by atoms with Gasteiger partial charge in [0.05, 0.1) is 0 Å². The van der Waals surface area contributed by atoms with Gasteiger partial charge in [-0.25, -0.2) is 0 Å². The molecule has 2 aliphatic rings. The quantitative estimate of drug-likeness (QED) is 0.939. The van der Waals surface area contributed by atoms with Crippen molar-refractivity contribution in [3.8, 4) is 11.5 Å². The first-order valence-electron chi connectivity index (χ1n) is 7.64. The summed E-state index contributed by atoms with van der Waals surface area (Å²) in [5.74, 6) is 0.568. The van der Waals surface area contributed by atoms with Gasteiger partial charge in [-0.05, 0) is 57.0 Å². The molecule has 1 N–H and O–H groups in total. The number of rotatable bonds is 3. The first-order chi connectivity index (χ1) is 10.3. The lowest BCUT2D eigenvalue weighted by atomic mass is 9.97. The monoisotopic (exact) mass is 284 g/mol. The minimum absolute atomic E-state index is 0.568. The summed E-state index contributed by atoms with van der Waals surface area (Å²) in [5.41, 5.74) is 2.13. The van der Waals surface area contributed by atoms with Crippen LogP contribution in [0.2, 0.25) is 0 Å². The highest BCUT2D eigenvalue weighted by atomic mass is 16.4. The summed E-state index contributed by atoms with van der Waals surface area (Å²) >= 11 is 0. The van der Waals surface area contributed by atoms with E-state index in [9.17, 15) is 0 Å². The summed E-state index contributed by atoms with van der Waals surface area (Å²) in [4.78, 5) is 2.57. The molecule has 0 radical (unpaired) electrons. The Kier molecular flexibility index (Phi) is 3.15. The second-order valence-corrected chi connectivity index (χ2v) is 6.18. The second-order valence-electron chi connectivity index (χ2n) is 6.18. The summed E-state index contributed by atoms with van der Waals surface area (Å²) in [6.07, 6.45) is 6.57. The van der Waals surface area contributed by atoms with Gasteiger partial charge in [0.1, 0.15) is 0 Å². The van der Waals surface area contributed by atoms with Gasteiger partial charge >= 0.3 is 0 Å². The van der Waals surface area contributed by atoms with Crippen LogP contribution in [-0.2, 0) is 0 Å². The predicted molar refractivity (Wildman–Crippen MR) is 81.0 cm³/mol. The van der Waals surface area contributed by atoms with Crippen LogP contribution in [0.5, 0.6) is 0 Å². The molecule has 0 aliphatic carbocycles. The van der Waals surface area contributed by atoms with E-state index in [1.807, 2.05) is 12.1 Å². The number of benzene rings is 1. The van der Waals surface area contributed by atoms with Crippen LogP contribution in [-0.4, -0.2) is 40.3 Å². The van der Waals surface area contributed by atoms with Crippen LogP contribution in [0.25, 0.3) is 11.5 Å². The Bertz CT molecular complexity index is 581. The molecule has 1 aromatic carbocycles. The van der Waals surface area contributed by atoms with Crippen LogP contribution >= 0.6 is 0 Å². The Labute approximate surface area is 124 Å². The molecular weight excluding hydrogens is 264 g/mol. The van der Waals surface area contributed by atoms with Crippen LogP contribution in [0.15, 0.2) is 35.1 Å². The van der Waals surface area contributed by atoms with E-state index in [4.69, 9.17) is 4.42 Å². The Morgan fingerprint density at radius 1 is 1.14 bits per heavy atom. The number of nitrogens with one attached hydrogen (secondary N) is 1. The molecule has 2 bridgehead atoms. The van der Waals surface area contributed by atoms with E-state index < -0.39 is 0 Å². The van der Waals surface area contributed by atoms with E-state index in [1.54, 1.807) is 0 Å². The zero-order valence-electron chi connectivity index (χ0n) is 12.2. The molecule has 110 valence electrons. The molecule has 2 aliphatic heterocycles. The van der Waals surface area contributed by atoms with Crippen LogP contribution in [0.3, 0.4) is 0 Å². The molecule has 2 unspecified atom stereocenters. The first-order valence-corrected chi connectivity index (χ1v) is 7.64. The summed E-state index contributed by atoms with van der Waals surface area (Å²) in [6.45, 7) is 0. The Hall–Kier alpha value is -1.88. The van der Waals surface area contributed by atoms with Gasteiger partial charge in [0.2, 0.25) is 12.3 Å². The average molecular weight is 284 g/mol. The van der Waals surface area contributed by atoms with E-state index in [-0.39, 0.29) is 0 Å². The van der Waals surface area contributed by atoms with Crippen molar-refractivity contribution < 1.29 is 4.42 Å². The fourth-order valence-electron chi connectivity index (χ4n) is 3.77. The number of hydrogen-bond acceptors (Lipinski definition) is 5. The largest absolute Gasteiger partial charge is 0.423 e. The van der Waals surface area contributed by atoms with Crippen LogP contribution in [0.4, 0.5) is 5.69 Å². The first kappa shape index (κ1) is 12.8. The minimum Gasteiger partial charge on any atom is -0.423 e. The number of fused-ring (bicyclic) bond motifs is 2. The molecular formula is C16H20N4O. The van der Waals surface area contributed by atoms with Crippen molar-refractivity contribution in [3.05, 3.63) is 30.7 Å². The van der Waals surface area contributed by atoms with Gasteiger partial charge in [0.25, 0.3) is 0 Å². The molecule has 5 heteroatoms. The second kappa shape index (κ2) is 5.15. The van der Waals surface area contributed by atoms with Gasteiger partial charge in [-0.15, -0.1) is 10.2 Å². The van der Waals surface area contributed by atoms with Crippen molar-refractivity contribution in [2.75, 3.05) is 12.4 Å². The molecule has 2 atom stereocenters. The number of aromatic nitrogens is 2. The molecule has 2 aromatic rings. The molecule has 3 heterocycles. The Morgan fingerprint density at radius 3 is 2.48 bits per heavy atom. The van der Waals surface area contributed by atoms with Crippen LogP contribution in [0, 0.1) is 0 Å². The molecule has 0 spiro atoms. The van der Waals surface area contributed by atoms with E-state index in [0.29, 0.717) is 11.9 Å². The maximum absolute atomic E-state index is 5.21. The summed E-state index contributed by atoms with van der Waals surface area (Å²) in [5, 5.41) is 11.3. The highest BCUT2D eigenvalue weighted by molar-refractivity contribution is 5.58. The fourth-order valence-corrected chi connectivity index (χ4v) is 3.77. The highest BCUT2D eigenvalue weighted by Gasteiger charge is 2.38. The van der Waals surface area contributed by atoms with Gasteiger partial charge in [-0.1, -0.05) is 0 Å². The van der Waals surface area contributed by atoms with Crippen LogP contribution < -0.4 is 5.32 Å². The van der Waals surface area contributed by atoms with Gasteiger partial charge in [0, 0.05) is 29.4 Å². The smallest absolute Gasteiger partial charge is 0.247 e. The lowest BCUT2D eigenvalue weighted by Gasteiger charge is -2.37. The lowest BCUT2D eigenvalue weighted by Crippen LogP contribution is -2.44. The number of hydrogen-bond donors (Lipinski definition) is 1. The normalized spacial score (nSPS) is 28.7. The molecule has 2 fully saturated rings. The topological polar surface area (TPSA) is 54.2 Å². The minimum atomic E-state index is 0.568. The van der Waals surface area contributed by atoms with E-state index in [1.165, 1.54) is 37.8 Å². The molecule has 2 saturated heterocycles. The molecule has 1 aromatic heterocycles. The SMILES string of the molecule is CN1C2CCC1CC(Nc1ccc(-c3nnco3)cc1)C2. The van der Waals surface area contributed by atoms with Gasteiger partial charge < -0.3 is 14.6 Å². The highest BCUT2D eigenvalue weighted by Crippen LogP contribution is 2.35. The zero-order chi connectivity index (χ0) is 14.2. The van der Waals surface area contributed by atoms with Gasteiger partial charge in [0.15, 0.2) is 0 Å². The maximum Gasteiger partial charge on any atom is 0.247 e. The summed E-state index contributed by atoms with van der Waals surface area (Å²) < 4.78 is 5.21. The summed E-state index contributed by atoms with van der Waals surface area (Å²) in [6, 6.07) is 10.4. The van der Waals surface area contributed by atoms with Crippen LogP contribution in [0.1, 0.15) is 25.7 Å². The van der Waals surface area contributed by atoms with E-state index in [0.717, 1.165) is 17.6 Å². The molecule has 4 rings (SSSR count). The average Bonchev–Trinajstić information content (AvgIpc) is 3.08. The van der Waals surface area contributed by atoms with E-state index in [2.05, 4.69) is 39.6 Å². The lowest BCUT2D eigenvalue weighted by molar-refractivity contribution is 0.169. The molecule has 21 heavy (non-hydrogen) atoms. The molecule has 5 nitrogen and oxygen atoms in total. The van der Waals surface area contributed by atoms with Crippen molar-refractivity contribution in [3.63, 3.8) is 0 Å². The number of anilines is 1. The van der Waals surface area contributed by atoms with Gasteiger partial charge in [-0.2, -0.15) is 0 Å². The predicted octanol–water partition coefficient (Wildman–Crippen LogP) is 2.77. The van der Waals surface area contributed by atoms with Crippen molar-refractivity contribution in [2.24, 2.45) is 0 Å². The van der Waals surface area contributed by atoms with Gasteiger partial charge in [-0.3, -0.25) is 0 Å². The molecule has 0 saturated carbocycles. The maximum atomic E-state index is 5.21. The zero-order valence-corrected chi connectivity index (χ0v) is 12.2. The third-order valence-electron chi connectivity index (χ3n) is 4.96. The Balaban J connectivity index is 1.44. The third kappa shape index (κ3) is 2.42. The van der Waals surface area contributed by atoms with Crippen molar-refractivity contribution in [1.29, 1.82) is 0 Å². The van der Waals surface area contributed by atoms with Crippen molar-refractivity contribution in [1.82, 2.24) is 15.1 Å². The fraction of sp³-hybridized carbons (Fsp3) is 0.500. The number of piperidine rings is 1.